The maximum absolute atomic E-state index is 13.0. The van der Waals surface area contributed by atoms with Crippen LogP contribution >= 0.6 is 11.8 Å². The van der Waals surface area contributed by atoms with Gasteiger partial charge in [0.15, 0.2) is 11.5 Å². The van der Waals surface area contributed by atoms with Crippen molar-refractivity contribution in [2.45, 2.75) is 19.0 Å². The molecule has 1 amide bonds. The van der Waals surface area contributed by atoms with Crippen molar-refractivity contribution in [3.8, 4) is 22.9 Å². The quantitative estimate of drug-likeness (QED) is 0.640. The number of fused-ring (bicyclic) bond motifs is 1. The molecule has 0 atom stereocenters. The summed E-state index contributed by atoms with van der Waals surface area (Å²) in [5.41, 5.74) is 2.31. The summed E-state index contributed by atoms with van der Waals surface area (Å²) >= 11 is 1.29. The number of hydrogen-bond donors (Lipinski definition) is 1. The van der Waals surface area contributed by atoms with Crippen LogP contribution in [0.3, 0.4) is 0 Å². The first-order valence-corrected chi connectivity index (χ1v) is 9.70. The number of aromatic nitrogens is 2. The molecule has 0 aliphatic carbocycles. The maximum Gasteiger partial charge on any atom is 0.586 e. The number of nitrogens with one attached hydrogen (secondary N) is 1. The summed E-state index contributed by atoms with van der Waals surface area (Å²) in [6, 6.07) is 11.8. The highest BCUT2D eigenvalue weighted by atomic mass is 32.2. The Balaban J connectivity index is 1.27. The van der Waals surface area contributed by atoms with E-state index in [1.165, 1.54) is 30.0 Å². The van der Waals surface area contributed by atoms with Gasteiger partial charge in [-0.25, -0.2) is 0 Å². The van der Waals surface area contributed by atoms with Crippen molar-refractivity contribution >= 4 is 23.4 Å². The highest BCUT2D eigenvalue weighted by Crippen LogP contribution is 2.42. The zero-order valence-electron chi connectivity index (χ0n) is 15.1. The normalized spacial score (nSPS) is 14.0. The Morgan fingerprint density at radius 2 is 1.90 bits per heavy atom. The van der Waals surface area contributed by atoms with Gasteiger partial charge in [0.25, 0.3) is 0 Å². The molecule has 7 nitrogen and oxygen atoms in total. The Bertz CT molecular complexity index is 1040. The van der Waals surface area contributed by atoms with E-state index in [-0.39, 0.29) is 23.2 Å². The number of thioether (sulfide) groups is 1. The van der Waals surface area contributed by atoms with Crippen molar-refractivity contribution in [2.75, 3.05) is 11.1 Å². The van der Waals surface area contributed by atoms with Gasteiger partial charge in [-0.3, -0.25) is 4.79 Å². The molecular formula is C19H15F2N3O4S. The summed E-state index contributed by atoms with van der Waals surface area (Å²) in [6.45, 7) is 1.99. The lowest BCUT2D eigenvalue weighted by atomic mass is 10.1. The minimum absolute atomic E-state index is 0.0804. The van der Waals surface area contributed by atoms with E-state index in [9.17, 15) is 13.6 Å². The van der Waals surface area contributed by atoms with Gasteiger partial charge in [-0.2, -0.15) is 4.98 Å². The number of aryl methyl sites for hydroxylation is 1. The zero-order chi connectivity index (χ0) is 20.4. The van der Waals surface area contributed by atoms with Gasteiger partial charge in [-0.1, -0.05) is 35.0 Å². The van der Waals surface area contributed by atoms with Crippen molar-refractivity contribution in [3.63, 3.8) is 0 Å². The Labute approximate surface area is 168 Å². The average molecular weight is 419 g/mol. The monoisotopic (exact) mass is 419 g/mol. The van der Waals surface area contributed by atoms with Crippen LogP contribution < -0.4 is 14.8 Å². The van der Waals surface area contributed by atoms with Crippen LogP contribution in [0.4, 0.5) is 14.5 Å². The second-order valence-corrected chi connectivity index (χ2v) is 7.23. The smallest absolute Gasteiger partial charge is 0.395 e. The molecule has 0 spiro atoms. The van der Waals surface area contributed by atoms with Crippen LogP contribution in [0.1, 0.15) is 11.5 Å². The van der Waals surface area contributed by atoms with E-state index in [0.717, 1.165) is 11.1 Å². The number of hydrogen-bond acceptors (Lipinski definition) is 7. The first-order valence-electron chi connectivity index (χ1n) is 8.55. The molecule has 1 aliphatic heterocycles. The third-order valence-corrected chi connectivity index (χ3v) is 4.84. The van der Waals surface area contributed by atoms with Gasteiger partial charge < -0.3 is 19.3 Å². The molecule has 150 valence electrons. The van der Waals surface area contributed by atoms with Gasteiger partial charge in [0, 0.05) is 17.3 Å². The van der Waals surface area contributed by atoms with Crippen molar-refractivity contribution in [2.24, 2.45) is 0 Å². The summed E-state index contributed by atoms with van der Waals surface area (Å²) in [4.78, 5) is 16.4. The predicted octanol–water partition coefficient (Wildman–Crippen LogP) is 4.24. The second kappa shape index (κ2) is 7.70. The van der Waals surface area contributed by atoms with Gasteiger partial charge in [-0.05, 0) is 19.1 Å². The fourth-order valence-electron chi connectivity index (χ4n) is 2.59. The molecule has 10 heteroatoms. The van der Waals surface area contributed by atoms with Gasteiger partial charge >= 0.3 is 6.29 Å². The Morgan fingerprint density at radius 3 is 2.69 bits per heavy atom. The van der Waals surface area contributed by atoms with Crippen molar-refractivity contribution in [1.82, 2.24) is 10.1 Å². The van der Waals surface area contributed by atoms with E-state index in [0.29, 0.717) is 23.2 Å². The van der Waals surface area contributed by atoms with E-state index in [1.54, 1.807) is 0 Å². The summed E-state index contributed by atoms with van der Waals surface area (Å²) in [7, 11) is 0. The van der Waals surface area contributed by atoms with E-state index >= 15 is 0 Å². The fraction of sp³-hybridized carbons (Fsp3) is 0.211. The molecule has 2 heterocycles. The lowest BCUT2D eigenvalue weighted by Gasteiger charge is -2.05. The number of rotatable bonds is 6. The third kappa shape index (κ3) is 4.65. The van der Waals surface area contributed by atoms with Gasteiger partial charge in [-0.15, -0.1) is 20.5 Å². The summed E-state index contributed by atoms with van der Waals surface area (Å²) in [5.74, 6) is 0.856. The molecule has 0 bridgehead atoms. The number of alkyl halides is 2. The minimum Gasteiger partial charge on any atom is -0.395 e. The first-order chi connectivity index (χ1) is 13.9. The average Bonchev–Trinajstić information content (AvgIpc) is 3.24. The molecule has 0 saturated carbocycles. The molecular weight excluding hydrogens is 404 g/mol. The SMILES string of the molecule is Cc1ccc(-c2noc(CSCC(=O)Nc3ccc4c(c3)OC(F)(F)O4)n2)cc1. The number of carbonyl (C=O) groups excluding carboxylic acids is 1. The summed E-state index contributed by atoms with van der Waals surface area (Å²) in [6.07, 6.45) is -3.69. The van der Waals surface area contributed by atoms with Crippen LogP contribution in [0.25, 0.3) is 11.4 Å². The van der Waals surface area contributed by atoms with Crippen LogP contribution in [-0.2, 0) is 10.5 Å². The number of anilines is 1. The Kier molecular flexibility index (Phi) is 5.10. The minimum atomic E-state index is -3.69. The molecule has 1 N–H and O–H groups in total. The van der Waals surface area contributed by atoms with E-state index in [1.807, 2.05) is 31.2 Å². The molecule has 4 rings (SSSR count). The van der Waals surface area contributed by atoms with E-state index in [4.69, 9.17) is 4.52 Å². The molecule has 0 unspecified atom stereocenters. The molecule has 29 heavy (non-hydrogen) atoms. The number of carbonyl (C=O) groups is 1. The number of amides is 1. The highest BCUT2D eigenvalue weighted by Gasteiger charge is 2.43. The molecule has 0 radical (unpaired) electrons. The highest BCUT2D eigenvalue weighted by molar-refractivity contribution is 7.99. The van der Waals surface area contributed by atoms with Gasteiger partial charge in [0.2, 0.25) is 17.6 Å². The van der Waals surface area contributed by atoms with Crippen LogP contribution in [-0.4, -0.2) is 28.1 Å². The third-order valence-electron chi connectivity index (χ3n) is 3.92. The van der Waals surface area contributed by atoms with Gasteiger partial charge in [0.1, 0.15) is 0 Å². The number of nitrogens with zero attached hydrogens (tertiary/aromatic N) is 2. The molecule has 3 aromatic rings. The largest absolute Gasteiger partial charge is 0.586 e. The van der Waals surface area contributed by atoms with Gasteiger partial charge in [0.05, 0.1) is 11.5 Å². The van der Waals surface area contributed by atoms with E-state index in [2.05, 4.69) is 24.9 Å². The van der Waals surface area contributed by atoms with Crippen LogP contribution in [0, 0.1) is 6.92 Å². The van der Waals surface area contributed by atoms with Crippen LogP contribution in [0.2, 0.25) is 0 Å². The molecule has 2 aromatic carbocycles. The Hall–Kier alpha value is -3.14. The standard InChI is InChI=1S/C19H15F2N3O4S/c1-11-2-4-12(5-3-11)18-23-17(28-24-18)10-29-9-16(25)22-13-6-7-14-15(8-13)27-19(20,21)26-14/h2-8H,9-10H2,1H3,(H,22,25). The first kappa shape index (κ1) is 19.2. The topological polar surface area (TPSA) is 86.5 Å². The summed E-state index contributed by atoms with van der Waals surface area (Å²) < 4.78 is 39.9. The second-order valence-electron chi connectivity index (χ2n) is 6.25. The molecule has 1 aliphatic rings. The van der Waals surface area contributed by atoms with Crippen molar-refractivity contribution in [3.05, 3.63) is 53.9 Å². The van der Waals surface area contributed by atoms with Crippen LogP contribution in [0.5, 0.6) is 11.5 Å². The number of benzene rings is 2. The fourth-order valence-corrected chi connectivity index (χ4v) is 3.24. The maximum atomic E-state index is 13.0. The summed E-state index contributed by atoms with van der Waals surface area (Å²) in [5, 5.41) is 6.55. The van der Waals surface area contributed by atoms with Crippen LogP contribution in [0.15, 0.2) is 47.0 Å². The number of halogens is 2. The lowest BCUT2D eigenvalue weighted by Crippen LogP contribution is -2.25. The Morgan fingerprint density at radius 1 is 1.14 bits per heavy atom. The number of ether oxygens (including phenoxy) is 2. The van der Waals surface area contributed by atoms with Crippen molar-refractivity contribution in [1.29, 1.82) is 0 Å². The molecule has 1 aromatic heterocycles. The predicted molar refractivity (Wildman–Crippen MR) is 102 cm³/mol. The van der Waals surface area contributed by atoms with E-state index < -0.39 is 6.29 Å². The zero-order valence-corrected chi connectivity index (χ0v) is 16.0. The van der Waals surface area contributed by atoms with Crippen molar-refractivity contribution < 1.29 is 27.6 Å². The molecule has 0 fully saturated rings. The lowest BCUT2D eigenvalue weighted by molar-refractivity contribution is -0.286. The molecule has 0 saturated heterocycles.